The molecule has 0 aromatic heterocycles. The largest absolute Gasteiger partial charge is 0.367 e. The molecule has 2 unspecified atom stereocenters. The van der Waals surface area contributed by atoms with E-state index in [2.05, 4.69) is 5.32 Å². The first-order chi connectivity index (χ1) is 13.1. The highest BCUT2D eigenvalue weighted by molar-refractivity contribution is 5.94. The number of hydrogen-bond donors (Lipinski definition) is 1. The molecule has 1 fully saturated rings. The number of morpholine rings is 1. The van der Waals surface area contributed by atoms with Crippen LogP contribution in [-0.2, 0) is 14.3 Å². The zero-order valence-corrected chi connectivity index (χ0v) is 15.4. The van der Waals surface area contributed by atoms with Gasteiger partial charge in [0, 0.05) is 12.6 Å². The molecule has 3 rings (SSSR count). The second-order valence-electron chi connectivity index (χ2n) is 6.61. The standard InChI is InChI=1S/C22H24N2O3/c1-17-15-24(16-20(27-17)19-10-6-3-7-11-19)22(26)14-23-21(25)13-12-18-8-4-2-5-9-18/h2-13,17,20H,14-16H2,1H3,(H,23,25)/b13-12+. The topological polar surface area (TPSA) is 58.6 Å². The minimum Gasteiger partial charge on any atom is -0.367 e. The molecule has 2 atom stereocenters. The Morgan fingerprint density at radius 2 is 1.74 bits per heavy atom. The molecule has 1 saturated heterocycles. The molecule has 0 radical (unpaired) electrons. The number of benzene rings is 2. The summed E-state index contributed by atoms with van der Waals surface area (Å²) in [5, 5.41) is 2.66. The summed E-state index contributed by atoms with van der Waals surface area (Å²) in [5.74, 6) is -0.388. The first-order valence-corrected chi connectivity index (χ1v) is 9.11. The minimum absolute atomic E-state index is 0.0216. The summed E-state index contributed by atoms with van der Waals surface area (Å²) in [6, 6.07) is 19.4. The van der Waals surface area contributed by atoms with Gasteiger partial charge in [-0.2, -0.15) is 0 Å². The molecular weight excluding hydrogens is 340 g/mol. The van der Waals surface area contributed by atoms with Gasteiger partial charge in [0.15, 0.2) is 0 Å². The van der Waals surface area contributed by atoms with Crippen molar-refractivity contribution in [2.45, 2.75) is 19.1 Å². The van der Waals surface area contributed by atoms with Crippen LogP contribution in [0.15, 0.2) is 66.7 Å². The fourth-order valence-electron chi connectivity index (χ4n) is 3.08. The van der Waals surface area contributed by atoms with E-state index in [4.69, 9.17) is 4.74 Å². The Kier molecular flexibility index (Phi) is 6.39. The van der Waals surface area contributed by atoms with Gasteiger partial charge >= 0.3 is 0 Å². The van der Waals surface area contributed by atoms with Gasteiger partial charge in [-0.1, -0.05) is 60.7 Å². The van der Waals surface area contributed by atoms with Crippen LogP contribution in [0.25, 0.3) is 6.08 Å². The van der Waals surface area contributed by atoms with Crippen molar-refractivity contribution in [2.24, 2.45) is 0 Å². The third-order valence-electron chi connectivity index (χ3n) is 4.42. The molecule has 2 amide bonds. The maximum atomic E-state index is 12.5. The molecule has 1 aliphatic rings. The van der Waals surface area contributed by atoms with E-state index in [1.54, 1.807) is 11.0 Å². The monoisotopic (exact) mass is 364 g/mol. The first-order valence-electron chi connectivity index (χ1n) is 9.11. The van der Waals surface area contributed by atoms with Gasteiger partial charge < -0.3 is 15.0 Å². The Hall–Kier alpha value is -2.92. The normalized spacial score (nSPS) is 19.8. The van der Waals surface area contributed by atoms with Crippen molar-refractivity contribution in [3.8, 4) is 0 Å². The van der Waals surface area contributed by atoms with Gasteiger partial charge in [-0.15, -0.1) is 0 Å². The highest BCUT2D eigenvalue weighted by atomic mass is 16.5. The van der Waals surface area contributed by atoms with Crippen LogP contribution in [0.3, 0.4) is 0 Å². The summed E-state index contributed by atoms with van der Waals surface area (Å²) < 4.78 is 5.97. The lowest BCUT2D eigenvalue weighted by Crippen LogP contribution is -2.49. The fraction of sp³-hybridized carbons (Fsp3) is 0.273. The molecule has 0 spiro atoms. The van der Waals surface area contributed by atoms with E-state index in [0.717, 1.165) is 11.1 Å². The van der Waals surface area contributed by atoms with Gasteiger partial charge in [-0.25, -0.2) is 0 Å². The molecule has 0 saturated carbocycles. The van der Waals surface area contributed by atoms with Crippen molar-refractivity contribution in [2.75, 3.05) is 19.6 Å². The Balaban J connectivity index is 1.52. The van der Waals surface area contributed by atoms with Gasteiger partial charge in [0.2, 0.25) is 11.8 Å². The van der Waals surface area contributed by atoms with Gasteiger partial charge in [0.05, 0.1) is 19.2 Å². The number of ether oxygens (including phenoxy) is 1. The van der Waals surface area contributed by atoms with Crippen LogP contribution in [0.5, 0.6) is 0 Å². The van der Waals surface area contributed by atoms with Gasteiger partial charge in [-0.05, 0) is 24.1 Å². The number of nitrogens with one attached hydrogen (secondary N) is 1. The van der Waals surface area contributed by atoms with Crippen LogP contribution < -0.4 is 5.32 Å². The molecule has 140 valence electrons. The average Bonchev–Trinajstić information content (AvgIpc) is 2.71. The molecule has 2 aromatic carbocycles. The van der Waals surface area contributed by atoms with Crippen LogP contribution >= 0.6 is 0 Å². The van der Waals surface area contributed by atoms with E-state index >= 15 is 0 Å². The number of hydrogen-bond acceptors (Lipinski definition) is 3. The van der Waals surface area contributed by atoms with Crippen LogP contribution in [0, 0.1) is 0 Å². The summed E-state index contributed by atoms with van der Waals surface area (Å²) in [6.07, 6.45) is 2.97. The third-order valence-corrected chi connectivity index (χ3v) is 4.42. The second kappa shape index (κ2) is 9.14. The summed E-state index contributed by atoms with van der Waals surface area (Å²) in [6.45, 7) is 2.95. The van der Waals surface area contributed by atoms with E-state index in [1.165, 1.54) is 6.08 Å². The van der Waals surface area contributed by atoms with Crippen molar-refractivity contribution in [1.82, 2.24) is 10.2 Å². The Morgan fingerprint density at radius 3 is 2.44 bits per heavy atom. The predicted octanol–water partition coefficient (Wildman–Crippen LogP) is 2.80. The van der Waals surface area contributed by atoms with Crippen LogP contribution in [0.4, 0.5) is 0 Å². The van der Waals surface area contributed by atoms with Crippen LogP contribution in [0.2, 0.25) is 0 Å². The number of rotatable bonds is 5. The van der Waals surface area contributed by atoms with Crippen molar-refractivity contribution in [1.29, 1.82) is 0 Å². The van der Waals surface area contributed by atoms with Gasteiger partial charge in [0.25, 0.3) is 0 Å². The van der Waals surface area contributed by atoms with Gasteiger partial charge in [-0.3, -0.25) is 9.59 Å². The fourth-order valence-corrected chi connectivity index (χ4v) is 3.08. The van der Waals surface area contributed by atoms with Crippen molar-refractivity contribution in [3.63, 3.8) is 0 Å². The first kappa shape index (κ1) is 18.9. The molecule has 1 heterocycles. The predicted molar refractivity (Wildman–Crippen MR) is 105 cm³/mol. The molecular formula is C22H24N2O3. The Labute approximate surface area is 159 Å². The van der Waals surface area contributed by atoms with Crippen molar-refractivity contribution >= 4 is 17.9 Å². The van der Waals surface area contributed by atoms with E-state index < -0.39 is 0 Å². The quantitative estimate of drug-likeness (QED) is 0.830. The van der Waals surface area contributed by atoms with Crippen molar-refractivity contribution in [3.05, 3.63) is 77.9 Å². The molecule has 1 N–H and O–H groups in total. The molecule has 5 heteroatoms. The molecule has 1 aliphatic heterocycles. The number of carbonyl (C=O) groups excluding carboxylic acids is 2. The van der Waals surface area contributed by atoms with Crippen LogP contribution in [-0.4, -0.2) is 42.5 Å². The lowest BCUT2D eigenvalue weighted by Gasteiger charge is -2.37. The Morgan fingerprint density at radius 1 is 1.07 bits per heavy atom. The SMILES string of the molecule is CC1CN(C(=O)CNC(=O)/C=C/c2ccccc2)CC(c2ccccc2)O1. The molecule has 0 aliphatic carbocycles. The maximum Gasteiger partial charge on any atom is 0.244 e. The molecule has 2 aromatic rings. The van der Waals surface area contributed by atoms with E-state index in [1.807, 2.05) is 67.6 Å². The minimum atomic E-state index is -0.284. The molecule has 0 bridgehead atoms. The number of carbonyl (C=O) groups is 2. The van der Waals surface area contributed by atoms with E-state index in [9.17, 15) is 9.59 Å². The van der Waals surface area contributed by atoms with Crippen LogP contribution in [0.1, 0.15) is 24.2 Å². The summed E-state index contributed by atoms with van der Waals surface area (Å²) >= 11 is 0. The summed E-state index contributed by atoms with van der Waals surface area (Å²) in [5.41, 5.74) is 1.99. The Bertz CT molecular complexity index is 790. The highest BCUT2D eigenvalue weighted by Gasteiger charge is 2.29. The smallest absolute Gasteiger partial charge is 0.244 e. The summed E-state index contributed by atoms with van der Waals surface area (Å²) in [7, 11) is 0. The third kappa shape index (κ3) is 5.53. The zero-order chi connectivity index (χ0) is 19.1. The highest BCUT2D eigenvalue weighted by Crippen LogP contribution is 2.24. The summed E-state index contributed by atoms with van der Waals surface area (Å²) in [4.78, 5) is 26.2. The maximum absolute atomic E-state index is 12.5. The number of nitrogens with zero attached hydrogens (tertiary/aromatic N) is 1. The zero-order valence-electron chi connectivity index (χ0n) is 15.4. The number of amides is 2. The molecule has 5 nitrogen and oxygen atoms in total. The van der Waals surface area contributed by atoms with Gasteiger partial charge in [0.1, 0.15) is 6.10 Å². The lowest BCUT2D eigenvalue weighted by atomic mass is 10.1. The lowest BCUT2D eigenvalue weighted by molar-refractivity contribution is -0.144. The average molecular weight is 364 g/mol. The van der Waals surface area contributed by atoms with E-state index in [-0.39, 0.29) is 30.6 Å². The van der Waals surface area contributed by atoms with Crippen molar-refractivity contribution < 1.29 is 14.3 Å². The second-order valence-corrected chi connectivity index (χ2v) is 6.61. The van der Waals surface area contributed by atoms with E-state index in [0.29, 0.717) is 13.1 Å². The molecule has 27 heavy (non-hydrogen) atoms.